The number of sulfone groups is 1. The first-order valence-electron chi connectivity index (χ1n) is 5.83. The van der Waals surface area contributed by atoms with Crippen LogP contribution in [0.25, 0.3) is 0 Å². The average molecular weight is 292 g/mol. The molecule has 0 bridgehead atoms. The van der Waals surface area contributed by atoms with Gasteiger partial charge in [0.1, 0.15) is 20.9 Å². The second-order valence-corrected chi connectivity index (χ2v) is 7.38. The summed E-state index contributed by atoms with van der Waals surface area (Å²) in [6.07, 6.45) is 1.56. The van der Waals surface area contributed by atoms with Crippen LogP contribution in [0.5, 0.6) is 0 Å². The van der Waals surface area contributed by atoms with Crippen molar-refractivity contribution in [1.29, 1.82) is 0 Å². The molecule has 5 nitrogen and oxygen atoms in total. The van der Waals surface area contributed by atoms with E-state index < -0.39 is 9.84 Å². The standard InChI is InChI=1S/C11H20N2O3S2/c1-4-16-8(2)11-13-10(7-17-11)9(12)5-6-18(3,14)15/h7-9H,4-6,12H2,1-3H3. The van der Waals surface area contributed by atoms with Gasteiger partial charge in [-0.3, -0.25) is 0 Å². The van der Waals surface area contributed by atoms with Gasteiger partial charge < -0.3 is 10.5 Å². The summed E-state index contributed by atoms with van der Waals surface area (Å²) in [6.45, 7) is 4.51. The molecule has 0 spiro atoms. The van der Waals surface area contributed by atoms with E-state index in [1.165, 1.54) is 17.6 Å². The fourth-order valence-electron chi connectivity index (χ4n) is 1.47. The van der Waals surface area contributed by atoms with E-state index in [0.29, 0.717) is 13.0 Å². The molecule has 2 unspecified atom stereocenters. The maximum absolute atomic E-state index is 11.1. The van der Waals surface area contributed by atoms with E-state index in [9.17, 15) is 8.42 Å². The summed E-state index contributed by atoms with van der Waals surface area (Å²) in [4.78, 5) is 4.40. The van der Waals surface area contributed by atoms with Gasteiger partial charge in [0.05, 0.1) is 11.4 Å². The summed E-state index contributed by atoms with van der Waals surface area (Å²) in [7, 11) is -2.97. The normalized spacial score (nSPS) is 15.6. The third kappa shape index (κ3) is 5.01. The fourth-order valence-corrected chi connectivity index (χ4v) is 3.04. The number of nitrogens with zero attached hydrogens (tertiary/aromatic N) is 1. The third-order valence-corrected chi connectivity index (χ3v) is 4.49. The molecule has 1 aromatic rings. The molecule has 0 aromatic carbocycles. The molecule has 18 heavy (non-hydrogen) atoms. The second-order valence-electron chi connectivity index (χ2n) is 4.23. The number of hydrogen-bond donors (Lipinski definition) is 1. The first-order chi connectivity index (χ1) is 8.33. The molecule has 0 aliphatic carbocycles. The minimum Gasteiger partial charge on any atom is -0.372 e. The first-order valence-corrected chi connectivity index (χ1v) is 8.77. The Hall–Kier alpha value is -0.500. The van der Waals surface area contributed by atoms with E-state index in [1.54, 1.807) is 0 Å². The molecule has 0 fully saturated rings. The molecule has 7 heteroatoms. The van der Waals surface area contributed by atoms with Crippen molar-refractivity contribution in [3.05, 3.63) is 16.1 Å². The van der Waals surface area contributed by atoms with Crippen LogP contribution in [0.4, 0.5) is 0 Å². The summed E-state index contributed by atoms with van der Waals surface area (Å²) < 4.78 is 27.6. The fraction of sp³-hybridized carbons (Fsp3) is 0.727. The number of nitrogens with two attached hydrogens (primary N) is 1. The predicted molar refractivity (Wildman–Crippen MR) is 73.4 cm³/mol. The van der Waals surface area contributed by atoms with Crippen molar-refractivity contribution in [1.82, 2.24) is 4.98 Å². The molecule has 0 radical (unpaired) electrons. The molecule has 0 saturated carbocycles. The molecule has 0 aliphatic rings. The van der Waals surface area contributed by atoms with Gasteiger partial charge in [0.2, 0.25) is 0 Å². The predicted octanol–water partition coefficient (Wildman–Crippen LogP) is 1.68. The van der Waals surface area contributed by atoms with Crippen molar-refractivity contribution >= 4 is 21.2 Å². The summed E-state index contributed by atoms with van der Waals surface area (Å²) in [6, 6.07) is -0.335. The molecule has 2 atom stereocenters. The van der Waals surface area contributed by atoms with Crippen LogP contribution in [0.15, 0.2) is 5.38 Å². The third-order valence-electron chi connectivity index (χ3n) is 2.48. The highest BCUT2D eigenvalue weighted by Crippen LogP contribution is 2.24. The zero-order valence-electron chi connectivity index (χ0n) is 10.9. The van der Waals surface area contributed by atoms with Crippen molar-refractivity contribution in [2.45, 2.75) is 32.4 Å². The van der Waals surface area contributed by atoms with Crippen molar-refractivity contribution in [2.75, 3.05) is 18.6 Å². The maximum Gasteiger partial charge on any atom is 0.147 e. The SMILES string of the molecule is CCOC(C)c1nc(C(N)CCS(C)(=O)=O)cs1. The molecule has 2 N–H and O–H groups in total. The van der Waals surface area contributed by atoms with Crippen LogP contribution in [-0.4, -0.2) is 32.0 Å². The smallest absolute Gasteiger partial charge is 0.147 e. The first kappa shape index (κ1) is 15.6. The van der Waals surface area contributed by atoms with E-state index >= 15 is 0 Å². The van der Waals surface area contributed by atoms with E-state index in [0.717, 1.165) is 10.7 Å². The minimum absolute atomic E-state index is 0.0455. The van der Waals surface area contributed by atoms with Gasteiger partial charge in [0.15, 0.2) is 0 Å². The summed E-state index contributed by atoms with van der Waals surface area (Å²) in [5.74, 6) is 0.0854. The maximum atomic E-state index is 11.1. The van der Waals surface area contributed by atoms with Crippen LogP contribution in [0.3, 0.4) is 0 Å². The second kappa shape index (κ2) is 6.60. The summed E-state index contributed by atoms with van der Waals surface area (Å²) in [5, 5.41) is 2.75. The largest absolute Gasteiger partial charge is 0.372 e. The Labute approximate surface area is 112 Å². The Kier molecular flexibility index (Phi) is 5.71. The Bertz CT molecular complexity index is 470. The van der Waals surface area contributed by atoms with Crippen molar-refractivity contribution in [3.8, 4) is 0 Å². The van der Waals surface area contributed by atoms with Crippen molar-refractivity contribution in [3.63, 3.8) is 0 Å². The Morgan fingerprint density at radius 3 is 2.78 bits per heavy atom. The minimum atomic E-state index is -2.97. The van der Waals surface area contributed by atoms with Gasteiger partial charge in [-0.2, -0.15) is 0 Å². The number of thiazole rings is 1. The molecule has 1 aromatic heterocycles. The number of ether oxygens (including phenoxy) is 1. The topological polar surface area (TPSA) is 82.3 Å². The van der Waals surface area contributed by atoms with Gasteiger partial charge in [-0.15, -0.1) is 11.3 Å². The lowest BCUT2D eigenvalue weighted by molar-refractivity contribution is 0.0760. The van der Waals surface area contributed by atoms with Crippen molar-refractivity contribution in [2.24, 2.45) is 5.73 Å². The monoisotopic (exact) mass is 292 g/mol. The highest BCUT2D eigenvalue weighted by atomic mass is 32.2. The number of hydrogen-bond acceptors (Lipinski definition) is 6. The summed E-state index contributed by atoms with van der Waals surface area (Å²) in [5.41, 5.74) is 6.67. The molecular weight excluding hydrogens is 272 g/mol. The van der Waals surface area contributed by atoms with E-state index in [4.69, 9.17) is 10.5 Å². The highest BCUT2D eigenvalue weighted by molar-refractivity contribution is 7.90. The van der Waals surface area contributed by atoms with Gasteiger partial charge in [-0.1, -0.05) is 0 Å². The van der Waals surface area contributed by atoms with Crippen molar-refractivity contribution < 1.29 is 13.2 Å². The lowest BCUT2D eigenvalue weighted by Gasteiger charge is -2.09. The average Bonchev–Trinajstić information content (AvgIpc) is 2.74. The van der Waals surface area contributed by atoms with Crippen LogP contribution in [0, 0.1) is 0 Å². The molecule has 1 heterocycles. The van der Waals surface area contributed by atoms with Crippen LogP contribution in [0.1, 0.15) is 43.1 Å². The van der Waals surface area contributed by atoms with Gasteiger partial charge in [-0.25, -0.2) is 13.4 Å². The summed E-state index contributed by atoms with van der Waals surface area (Å²) >= 11 is 1.49. The van der Waals surface area contributed by atoms with E-state index in [2.05, 4.69) is 4.98 Å². The molecular formula is C11H20N2O3S2. The molecule has 0 saturated heterocycles. The molecule has 1 rings (SSSR count). The Morgan fingerprint density at radius 2 is 2.22 bits per heavy atom. The van der Waals surface area contributed by atoms with E-state index in [-0.39, 0.29) is 17.9 Å². The van der Waals surface area contributed by atoms with Crippen LogP contribution in [0.2, 0.25) is 0 Å². The molecule has 104 valence electrons. The quantitative estimate of drug-likeness (QED) is 0.826. The van der Waals surface area contributed by atoms with Gasteiger partial charge in [0.25, 0.3) is 0 Å². The molecule has 0 aliphatic heterocycles. The zero-order valence-corrected chi connectivity index (χ0v) is 12.6. The van der Waals surface area contributed by atoms with Crippen LogP contribution < -0.4 is 5.73 Å². The van der Waals surface area contributed by atoms with E-state index in [1.807, 2.05) is 19.2 Å². The number of aromatic nitrogens is 1. The Morgan fingerprint density at radius 1 is 1.56 bits per heavy atom. The zero-order chi connectivity index (χ0) is 13.8. The van der Waals surface area contributed by atoms with Gasteiger partial charge >= 0.3 is 0 Å². The Balaban J connectivity index is 2.62. The van der Waals surface area contributed by atoms with Crippen LogP contribution >= 0.6 is 11.3 Å². The molecule has 0 amide bonds. The van der Waals surface area contributed by atoms with Gasteiger partial charge in [-0.05, 0) is 20.3 Å². The number of rotatable bonds is 7. The van der Waals surface area contributed by atoms with Crippen LogP contribution in [-0.2, 0) is 14.6 Å². The highest BCUT2D eigenvalue weighted by Gasteiger charge is 2.16. The van der Waals surface area contributed by atoms with Gasteiger partial charge in [0, 0.05) is 24.3 Å². The lowest BCUT2D eigenvalue weighted by atomic mass is 10.2. The lowest BCUT2D eigenvalue weighted by Crippen LogP contribution is -2.16.